The molecule has 4 aromatic rings. The van der Waals surface area contributed by atoms with Gasteiger partial charge in [-0.3, -0.25) is 9.69 Å². The van der Waals surface area contributed by atoms with Crippen LogP contribution in [0.4, 0.5) is 0 Å². The Hall–Kier alpha value is -4.93. The van der Waals surface area contributed by atoms with E-state index in [9.17, 15) is 9.90 Å². The van der Waals surface area contributed by atoms with Gasteiger partial charge in [-0.25, -0.2) is 0 Å². The van der Waals surface area contributed by atoms with Gasteiger partial charge in [0.1, 0.15) is 11.8 Å². The molecule has 0 spiro atoms. The number of phenols is 1. The van der Waals surface area contributed by atoms with Gasteiger partial charge in [-0.05, 0) is 104 Å². The van der Waals surface area contributed by atoms with E-state index in [2.05, 4.69) is 67.5 Å². The standard InChI is InChI=1S/C54H72N2O8/c1-55-29-27-41-36-50(62-5)53(59)54-52(41)44(55)32-39-23-26-46(60-3)48(34-39)63-42-24-21-38(22-25-42)33-45-43-37-49(64-54)47(61-4)35-40(43)28-31-56(45,2)30-19-17-15-13-11-9-7-6-8-10-12-14-16-18-20-51(57)58/h21-26,34-37,44-45H,6-20,27-33H2,1-5H3,(H-,57,58,59)/p+1. The summed E-state index contributed by atoms with van der Waals surface area (Å²) in [5, 5.41) is 20.8. The molecule has 4 aromatic carbocycles. The number of fused-ring (bicyclic) bond motifs is 2. The molecule has 0 saturated carbocycles. The highest BCUT2D eigenvalue weighted by Crippen LogP contribution is 2.52. The van der Waals surface area contributed by atoms with Crippen molar-refractivity contribution in [2.45, 2.75) is 134 Å². The first-order chi connectivity index (χ1) is 31.1. The van der Waals surface area contributed by atoms with Gasteiger partial charge >= 0.3 is 5.97 Å². The Morgan fingerprint density at radius 3 is 1.92 bits per heavy atom. The number of quaternary nitrogens is 1. The molecule has 0 radical (unpaired) electrons. The predicted octanol–water partition coefficient (Wildman–Crippen LogP) is 12.3. The Labute approximate surface area is 382 Å². The van der Waals surface area contributed by atoms with Crippen molar-refractivity contribution in [3.05, 3.63) is 94.0 Å². The van der Waals surface area contributed by atoms with E-state index in [1.807, 2.05) is 12.1 Å². The van der Waals surface area contributed by atoms with Crippen LogP contribution in [0.3, 0.4) is 0 Å². The third kappa shape index (κ3) is 11.5. The number of phenolic OH excluding ortho intramolecular Hbond substituents is 1. The number of carboxylic acid groups (broad SMARTS) is 1. The van der Waals surface area contributed by atoms with Crippen LogP contribution in [-0.4, -0.2) is 80.6 Å². The van der Waals surface area contributed by atoms with Crippen molar-refractivity contribution >= 4 is 5.97 Å². The summed E-state index contributed by atoms with van der Waals surface area (Å²) in [4.78, 5) is 13.0. The van der Waals surface area contributed by atoms with E-state index in [0.717, 1.165) is 85.1 Å². The summed E-state index contributed by atoms with van der Waals surface area (Å²) in [7, 11) is 9.56. The molecule has 0 aliphatic carbocycles. The fourth-order valence-corrected chi connectivity index (χ4v) is 10.5. The second kappa shape index (κ2) is 22.3. The molecule has 4 heterocycles. The lowest BCUT2D eigenvalue weighted by molar-refractivity contribution is -0.941. The number of carbonyl (C=O) groups is 1. The summed E-state index contributed by atoms with van der Waals surface area (Å²) in [5.41, 5.74) is 6.93. The highest BCUT2D eigenvalue weighted by Gasteiger charge is 2.40. The fraction of sp³-hybridized carbons (Fsp3) is 0.537. The largest absolute Gasteiger partial charge is 0.502 e. The van der Waals surface area contributed by atoms with E-state index >= 15 is 0 Å². The van der Waals surface area contributed by atoms with E-state index in [-0.39, 0.29) is 17.8 Å². The Bertz CT molecular complexity index is 2170. The maximum atomic E-state index is 12.0. The number of likely N-dealkylation sites (N-methyl/N-ethyl adjacent to an activating group) is 2. The van der Waals surface area contributed by atoms with Gasteiger partial charge in [0.05, 0.1) is 41.5 Å². The van der Waals surface area contributed by atoms with Crippen LogP contribution in [0.25, 0.3) is 0 Å². The zero-order valence-electron chi connectivity index (χ0n) is 39.2. The number of benzene rings is 4. The van der Waals surface area contributed by atoms with Crippen LogP contribution in [0.1, 0.15) is 142 Å². The highest BCUT2D eigenvalue weighted by atomic mass is 16.5. The molecule has 0 amide bonds. The second-order valence-corrected chi connectivity index (χ2v) is 18.8. The van der Waals surface area contributed by atoms with Gasteiger partial charge in [-0.2, -0.15) is 0 Å². The maximum Gasteiger partial charge on any atom is 0.303 e. The molecule has 2 N–H and O–H groups in total. The molecule has 3 atom stereocenters. The van der Waals surface area contributed by atoms with Crippen molar-refractivity contribution in [2.75, 3.05) is 55.1 Å². The van der Waals surface area contributed by atoms with E-state index in [1.54, 1.807) is 21.3 Å². The molecule has 346 valence electrons. The highest BCUT2D eigenvalue weighted by molar-refractivity contribution is 5.66. The summed E-state index contributed by atoms with van der Waals surface area (Å²) in [6.45, 7) is 2.98. The van der Waals surface area contributed by atoms with Gasteiger partial charge in [-0.15, -0.1) is 0 Å². The maximum absolute atomic E-state index is 12.0. The van der Waals surface area contributed by atoms with E-state index < -0.39 is 5.97 Å². The minimum atomic E-state index is -0.678. The average Bonchev–Trinajstić information content (AvgIpc) is 3.29. The van der Waals surface area contributed by atoms with Crippen molar-refractivity contribution in [1.29, 1.82) is 0 Å². The van der Waals surface area contributed by atoms with Crippen molar-refractivity contribution in [3.8, 4) is 46.0 Å². The minimum Gasteiger partial charge on any atom is -0.502 e. The minimum absolute atomic E-state index is 0.00973. The molecular formula is C54H73N2O8+. The van der Waals surface area contributed by atoms with E-state index in [0.29, 0.717) is 47.3 Å². The average molecular weight is 878 g/mol. The zero-order chi connectivity index (χ0) is 45.1. The summed E-state index contributed by atoms with van der Waals surface area (Å²) in [5.74, 6) is 3.48. The van der Waals surface area contributed by atoms with Gasteiger partial charge in [0.15, 0.2) is 34.5 Å². The monoisotopic (exact) mass is 878 g/mol. The van der Waals surface area contributed by atoms with Crippen LogP contribution in [0.5, 0.6) is 46.0 Å². The van der Waals surface area contributed by atoms with Crippen LogP contribution < -0.4 is 23.7 Å². The Balaban J connectivity index is 1.11. The summed E-state index contributed by atoms with van der Waals surface area (Å²) < 4.78 is 32.2. The van der Waals surface area contributed by atoms with Gasteiger partial charge in [0, 0.05) is 43.0 Å². The number of hydrogen-bond acceptors (Lipinski definition) is 8. The second-order valence-electron chi connectivity index (χ2n) is 18.8. The molecule has 4 aliphatic rings. The lowest BCUT2D eigenvalue weighted by Gasteiger charge is -2.46. The number of nitrogens with zero attached hydrogens (tertiary/aromatic N) is 2. The number of hydrogen-bond donors (Lipinski definition) is 2. The number of carboxylic acids is 1. The fourth-order valence-electron chi connectivity index (χ4n) is 10.5. The Morgan fingerprint density at radius 2 is 1.28 bits per heavy atom. The topological polar surface area (TPSA) is 107 Å². The zero-order valence-corrected chi connectivity index (χ0v) is 39.2. The smallest absolute Gasteiger partial charge is 0.303 e. The Morgan fingerprint density at radius 1 is 0.688 bits per heavy atom. The first kappa shape index (κ1) is 47.0. The molecule has 4 aliphatic heterocycles. The molecular weight excluding hydrogens is 805 g/mol. The molecule has 6 bridgehead atoms. The number of methoxy groups -OCH3 is 3. The SMILES string of the molecule is COc1ccc2cc1Oc1ccc(cc1)CC1c3cc(c(OC)cc3CC[N+]1(C)CCCCCCCCCCCCCCCCC(=O)O)Oc1c(O)c(OC)cc3c1C(C2)N(C)CC3. The lowest BCUT2D eigenvalue weighted by Crippen LogP contribution is -2.52. The third-order valence-corrected chi connectivity index (χ3v) is 14.4. The van der Waals surface area contributed by atoms with Gasteiger partial charge in [0.25, 0.3) is 0 Å². The number of unbranched alkanes of at least 4 members (excludes halogenated alkanes) is 13. The molecule has 3 unspecified atom stereocenters. The molecule has 0 fully saturated rings. The molecule has 10 nitrogen and oxygen atoms in total. The number of ether oxygens (including phenoxy) is 5. The van der Waals surface area contributed by atoms with E-state index in [1.165, 1.54) is 87.3 Å². The Kier molecular flexibility index (Phi) is 16.4. The van der Waals surface area contributed by atoms with Crippen molar-refractivity contribution in [3.63, 3.8) is 0 Å². The van der Waals surface area contributed by atoms with Crippen molar-refractivity contribution in [2.24, 2.45) is 0 Å². The molecule has 10 heteroatoms. The first-order valence-corrected chi connectivity index (χ1v) is 24.1. The first-order valence-electron chi connectivity index (χ1n) is 24.1. The van der Waals surface area contributed by atoms with Crippen LogP contribution >= 0.6 is 0 Å². The number of aromatic hydroxyl groups is 1. The molecule has 0 aromatic heterocycles. The predicted molar refractivity (Wildman–Crippen MR) is 253 cm³/mol. The molecule has 8 rings (SSSR count). The summed E-state index contributed by atoms with van der Waals surface area (Å²) >= 11 is 0. The van der Waals surface area contributed by atoms with Crippen LogP contribution in [-0.2, 0) is 30.5 Å². The molecule has 0 saturated heterocycles. The lowest BCUT2D eigenvalue weighted by atomic mass is 9.85. The normalized spacial score (nSPS) is 19.1. The quantitative estimate of drug-likeness (QED) is 0.0663. The third-order valence-electron chi connectivity index (χ3n) is 14.4. The van der Waals surface area contributed by atoms with Gasteiger partial charge in [-0.1, -0.05) is 88.8 Å². The van der Waals surface area contributed by atoms with Gasteiger partial charge < -0.3 is 38.4 Å². The number of aliphatic carboxylic acids is 1. The van der Waals surface area contributed by atoms with Crippen LogP contribution in [0.15, 0.2) is 60.7 Å². The van der Waals surface area contributed by atoms with Gasteiger partial charge in [0.2, 0.25) is 5.75 Å². The summed E-state index contributed by atoms with van der Waals surface area (Å²) in [6, 6.07) is 21.1. The van der Waals surface area contributed by atoms with E-state index in [4.69, 9.17) is 28.8 Å². The molecule has 64 heavy (non-hydrogen) atoms. The summed E-state index contributed by atoms with van der Waals surface area (Å²) in [6.07, 6.45) is 20.6. The van der Waals surface area contributed by atoms with Crippen LogP contribution in [0.2, 0.25) is 0 Å². The van der Waals surface area contributed by atoms with Crippen molar-refractivity contribution in [1.82, 2.24) is 4.90 Å². The number of rotatable bonds is 20. The van der Waals surface area contributed by atoms with Crippen LogP contribution in [0, 0.1) is 0 Å². The van der Waals surface area contributed by atoms with Crippen molar-refractivity contribution < 1.29 is 43.2 Å².